The number of alkyl halides is 10. The summed E-state index contributed by atoms with van der Waals surface area (Å²) in [7, 11) is 0. The summed E-state index contributed by atoms with van der Waals surface area (Å²) in [4.78, 5) is 0. The van der Waals surface area contributed by atoms with Crippen LogP contribution in [-0.4, -0.2) is 42.7 Å². The van der Waals surface area contributed by atoms with Gasteiger partial charge in [-0.05, 0) is 20.3 Å². The third-order valence-corrected chi connectivity index (χ3v) is 3.67. The van der Waals surface area contributed by atoms with E-state index in [-0.39, 0.29) is 0 Å². The van der Waals surface area contributed by atoms with Gasteiger partial charge in [-0.15, -0.1) is 0 Å². The minimum absolute atomic E-state index is 0.818. The average molecular weight is 380 g/mol. The van der Waals surface area contributed by atoms with E-state index >= 15 is 0 Å². The van der Waals surface area contributed by atoms with E-state index in [9.17, 15) is 43.9 Å². The summed E-state index contributed by atoms with van der Waals surface area (Å²) in [5, 5.41) is 0. The van der Waals surface area contributed by atoms with E-state index in [4.69, 9.17) is 0 Å². The molecule has 0 aliphatic carbocycles. The molecule has 1 heterocycles. The van der Waals surface area contributed by atoms with Crippen molar-refractivity contribution in [3.8, 4) is 0 Å². The second-order valence-electron chi connectivity index (χ2n) is 5.45. The molecule has 3 atom stereocenters. The molecule has 12 heteroatoms. The quantitative estimate of drug-likeness (QED) is 0.647. The second-order valence-corrected chi connectivity index (χ2v) is 5.45. The van der Waals surface area contributed by atoms with Crippen LogP contribution >= 0.6 is 0 Å². The Balaban J connectivity index is 3.56. The monoisotopic (exact) mass is 380 g/mol. The Morgan fingerprint density at radius 2 is 1.42 bits per heavy atom. The van der Waals surface area contributed by atoms with Crippen LogP contribution in [0.15, 0.2) is 0 Å². The first kappa shape index (κ1) is 21.3. The molecule has 0 N–H and O–H groups in total. The summed E-state index contributed by atoms with van der Waals surface area (Å²) in [6, 6.07) is 0. The van der Waals surface area contributed by atoms with E-state index < -0.39 is 61.5 Å². The smallest absolute Gasteiger partial charge is 0.347 e. The van der Waals surface area contributed by atoms with Crippen LogP contribution in [0.2, 0.25) is 0 Å². The lowest BCUT2D eigenvalue weighted by Crippen LogP contribution is -2.72. The van der Waals surface area contributed by atoms with Crippen LogP contribution in [0.1, 0.15) is 26.7 Å². The first-order valence-electron chi connectivity index (χ1n) is 6.72. The van der Waals surface area contributed by atoms with E-state index in [0.717, 1.165) is 13.8 Å². The summed E-state index contributed by atoms with van der Waals surface area (Å²) in [5.41, 5.74) is -6.12. The van der Waals surface area contributed by atoms with Crippen molar-refractivity contribution >= 4 is 0 Å². The molecule has 0 bridgehead atoms. The number of halogens is 10. The first-order valence-corrected chi connectivity index (χ1v) is 6.72. The Morgan fingerprint density at radius 3 is 1.75 bits per heavy atom. The molecule has 0 aromatic carbocycles. The summed E-state index contributed by atoms with van der Waals surface area (Å²) < 4.78 is 140. The summed E-state index contributed by atoms with van der Waals surface area (Å²) >= 11 is 0. The Hall–Kier alpha value is -0.780. The maximum absolute atomic E-state index is 14.4. The van der Waals surface area contributed by atoms with Crippen LogP contribution in [-0.2, 0) is 9.47 Å². The second kappa shape index (κ2) is 6.19. The van der Waals surface area contributed by atoms with E-state index in [1.165, 1.54) is 0 Å². The summed E-state index contributed by atoms with van der Waals surface area (Å²) in [6.07, 6.45) is -23.0. The van der Waals surface area contributed by atoms with Crippen molar-refractivity contribution in [2.75, 3.05) is 6.61 Å². The van der Waals surface area contributed by atoms with Crippen molar-refractivity contribution < 1.29 is 53.4 Å². The SMILES string of the molecule is CCOC1(C(F)(C(F)(F)F)C(F)(F)F)CC(C(F)(F)F)CC(C)O1. The van der Waals surface area contributed by atoms with Gasteiger partial charge in [-0.2, -0.15) is 39.5 Å². The Bertz CT molecular complexity index is 427. The Morgan fingerprint density at radius 1 is 0.958 bits per heavy atom. The number of hydrogen-bond donors (Lipinski definition) is 0. The zero-order valence-electron chi connectivity index (χ0n) is 12.4. The van der Waals surface area contributed by atoms with Gasteiger partial charge in [0.1, 0.15) is 0 Å². The van der Waals surface area contributed by atoms with Gasteiger partial charge in [-0.25, -0.2) is 4.39 Å². The lowest BCUT2D eigenvalue weighted by atomic mass is 9.80. The van der Waals surface area contributed by atoms with E-state index in [1.54, 1.807) is 0 Å². The van der Waals surface area contributed by atoms with Crippen LogP contribution in [0.3, 0.4) is 0 Å². The van der Waals surface area contributed by atoms with Crippen LogP contribution in [0.5, 0.6) is 0 Å². The van der Waals surface area contributed by atoms with E-state index in [2.05, 4.69) is 9.47 Å². The highest BCUT2D eigenvalue weighted by Crippen LogP contribution is 2.59. The van der Waals surface area contributed by atoms with Gasteiger partial charge in [0.25, 0.3) is 0 Å². The first-order chi connectivity index (χ1) is 10.5. The maximum atomic E-state index is 14.4. The highest BCUT2D eigenvalue weighted by molar-refractivity contribution is 5.09. The van der Waals surface area contributed by atoms with Crippen molar-refractivity contribution in [2.45, 2.75) is 62.8 Å². The fourth-order valence-electron chi connectivity index (χ4n) is 2.72. The number of hydrogen-bond acceptors (Lipinski definition) is 2. The maximum Gasteiger partial charge on any atom is 0.437 e. The molecule has 24 heavy (non-hydrogen) atoms. The molecule has 0 amide bonds. The van der Waals surface area contributed by atoms with Crippen LogP contribution < -0.4 is 0 Å². The molecule has 1 aliphatic rings. The van der Waals surface area contributed by atoms with E-state index in [0.29, 0.717) is 0 Å². The molecule has 1 aliphatic heterocycles. The molecular weight excluding hydrogens is 366 g/mol. The molecule has 0 aromatic heterocycles. The molecule has 1 rings (SSSR count). The van der Waals surface area contributed by atoms with Gasteiger partial charge in [0.2, 0.25) is 5.79 Å². The molecule has 144 valence electrons. The number of ether oxygens (including phenoxy) is 2. The molecule has 0 radical (unpaired) electrons. The molecule has 0 saturated carbocycles. The van der Waals surface area contributed by atoms with Crippen LogP contribution in [0.25, 0.3) is 0 Å². The topological polar surface area (TPSA) is 18.5 Å². The third-order valence-electron chi connectivity index (χ3n) is 3.67. The lowest BCUT2D eigenvalue weighted by Gasteiger charge is -2.50. The van der Waals surface area contributed by atoms with Gasteiger partial charge < -0.3 is 9.47 Å². The predicted octanol–water partition coefficient (Wildman–Crippen LogP) is 4.93. The van der Waals surface area contributed by atoms with Gasteiger partial charge in [0, 0.05) is 13.0 Å². The van der Waals surface area contributed by atoms with Crippen molar-refractivity contribution in [2.24, 2.45) is 5.92 Å². The minimum Gasteiger partial charge on any atom is -0.347 e. The fraction of sp³-hybridized carbons (Fsp3) is 1.00. The summed E-state index contributed by atoms with van der Waals surface area (Å²) in [6.45, 7) is 0.814. The zero-order valence-corrected chi connectivity index (χ0v) is 12.4. The normalized spacial score (nSPS) is 30.5. The molecule has 3 unspecified atom stereocenters. The van der Waals surface area contributed by atoms with E-state index in [1.807, 2.05) is 0 Å². The minimum atomic E-state index is -6.60. The van der Waals surface area contributed by atoms with Crippen molar-refractivity contribution in [3.05, 3.63) is 0 Å². The van der Waals surface area contributed by atoms with Crippen molar-refractivity contribution in [1.29, 1.82) is 0 Å². The standard InChI is InChI=1S/C12H14F10O2/c1-3-23-8(10(16,11(17,18)19)12(20,21)22)5-7(9(13,14)15)4-6(2)24-8/h6-7H,3-5H2,1-2H3. The zero-order chi connectivity index (χ0) is 19.2. The molecule has 1 saturated heterocycles. The fourth-order valence-corrected chi connectivity index (χ4v) is 2.72. The largest absolute Gasteiger partial charge is 0.437 e. The van der Waals surface area contributed by atoms with Crippen molar-refractivity contribution in [3.63, 3.8) is 0 Å². The third kappa shape index (κ3) is 3.44. The van der Waals surface area contributed by atoms with Gasteiger partial charge in [-0.3, -0.25) is 0 Å². The van der Waals surface area contributed by atoms with Crippen LogP contribution in [0.4, 0.5) is 43.9 Å². The van der Waals surface area contributed by atoms with Gasteiger partial charge >= 0.3 is 24.2 Å². The highest BCUT2D eigenvalue weighted by atomic mass is 19.4. The molecular formula is C12H14F10O2. The molecule has 0 spiro atoms. The Kier molecular flexibility index (Phi) is 5.48. The predicted molar refractivity (Wildman–Crippen MR) is 59.6 cm³/mol. The van der Waals surface area contributed by atoms with Gasteiger partial charge in [0.15, 0.2) is 0 Å². The lowest BCUT2D eigenvalue weighted by molar-refractivity contribution is -0.460. The van der Waals surface area contributed by atoms with Crippen molar-refractivity contribution in [1.82, 2.24) is 0 Å². The molecule has 2 nitrogen and oxygen atoms in total. The summed E-state index contributed by atoms with van der Waals surface area (Å²) in [5.74, 6) is -6.83. The highest BCUT2D eigenvalue weighted by Gasteiger charge is 2.84. The van der Waals surface area contributed by atoms with Gasteiger partial charge in [0.05, 0.1) is 12.0 Å². The van der Waals surface area contributed by atoms with Crippen LogP contribution in [0, 0.1) is 5.92 Å². The average Bonchev–Trinajstić information content (AvgIpc) is 2.33. The van der Waals surface area contributed by atoms with Gasteiger partial charge in [-0.1, -0.05) is 0 Å². The Labute approximate surface area is 130 Å². The molecule has 0 aromatic rings. The molecule has 1 fully saturated rings. The number of rotatable bonds is 3.